The Balaban J connectivity index is 1.50. The highest BCUT2D eigenvalue weighted by molar-refractivity contribution is 5.81. The Morgan fingerprint density at radius 2 is 1.86 bits per heavy atom. The van der Waals surface area contributed by atoms with E-state index in [0.29, 0.717) is 30.2 Å². The number of nitrogens with one attached hydrogen (secondary N) is 1. The van der Waals surface area contributed by atoms with Crippen molar-refractivity contribution in [3.63, 3.8) is 0 Å². The summed E-state index contributed by atoms with van der Waals surface area (Å²) >= 11 is 0. The van der Waals surface area contributed by atoms with E-state index in [1.54, 1.807) is 0 Å². The first kappa shape index (κ1) is 21.9. The summed E-state index contributed by atoms with van der Waals surface area (Å²) in [5, 5.41) is 2.89. The summed E-state index contributed by atoms with van der Waals surface area (Å²) in [6.45, 7) is 10.6. The molecule has 1 atom stereocenters. The van der Waals surface area contributed by atoms with Crippen molar-refractivity contribution >= 4 is 11.8 Å². The second-order valence-electron chi connectivity index (χ2n) is 9.52. The van der Waals surface area contributed by atoms with Gasteiger partial charge in [-0.05, 0) is 60.5 Å². The number of carbonyl (C=O) groups is 2. The molecular weight excluding hydrogens is 360 g/mol. The van der Waals surface area contributed by atoms with Gasteiger partial charge in [-0.25, -0.2) is 0 Å². The maximum Gasteiger partial charge on any atom is 0.227 e. The number of benzene rings is 1. The van der Waals surface area contributed by atoms with Crippen molar-refractivity contribution < 1.29 is 9.59 Å². The average Bonchev–Trinajstić information content (AvgIpc) is 2.72. The summed E-state index contributed by atoms with van der Waals surface area (Å²) in [6, 6.07) is 9.13. The predicted molar refractivity (Wildman–Crippen MR) is 118 cm³/mol. The lowest BCUT2D eigenvalue weighted by atomic mass is 9.56. The number of amides is 2. The molecular formula is C25H38N2O2. The first-order valence-electron chi connectivity index (χ1n) is 11.5. The van der Waals surface area contributed by atoms with Gasteiger partial charge in [0.15, 0.2) is 0 Å². The zero-order valence-corrected chi connectivity index (χ0v) is 18.7. The van der Waals surface area contributed by atoms with Crippen molar-refractivity contribution in [2.75, 3.05) is 19.6 Å². The highest BCUT2D eigenvalue weighted by atomic mass is 16.2. The quantitative estimate of drug-likeness (QED) is 0.714. The van der Waals surface area contributed by atoms with E-state index in [1.165, 1.54) is 24.0 Å². The predicted octanol–water partition coefficient (Wildman–Crippen LogP) is 4.85. The van der Waals surface area contributed by atoms with Crippen LogP contribution in [0.4, 0.5) is 0 Å². The van der Waals surface area contributed by atoms with Gasteiger partial charge < -0.3 is 10.2 Å². The maximum absolute atomic E-state index is 12.9. The molecule has 1 unspecified atom stereocenters. The topological polar surface area (TPSA) is 49.4 Å². The van der Waals surface area contributed by atoms with E-state index in [-0.39, 0.29) is 17.7 Å². The van der Waals surface area contributed by atoms with Crippen LogP contribution in [0.25, 0.3) is 0 Å². The lowest BCUT2D eigenvalue weighted by Gasteiger charge is -2.53. The average molecular weight is 399 g/mol. The third-order valence-corrected chi connectivity index (χ3v) is 7.25. The van der Waals surface area contributed by atoms with E-state index in [4.69, 9.17) is 0 Å². The Labute approximate surface area is 176 Å². The van der Waals surface area contributed by atoms with E-state index in [2.05, 4.69) is 43.4 Å². The van der Waals surface area contributed by atoms with Gasteiger partial charge in [-0.2, -0.15) is 0 Å². The van der Waals surface area contributed by atoms with Gasteiger partial charge in [0.2, 0.25) is 11.8 Å². The number of hydrogen-bond acceptors (Lipinski definition) is 2. The zero-order chi connectivity index (χ0) is 21.0. The third-order valence-electron chi connectivity index (χ3n) is 7.25. The van der Waals surface area contributed by atoms with Gasteiger partial charge >= 0.3 is 0 Å². The van der Waals surface area contributed by atoms with Crippen LogP contribution >= 0.6 is 0 Å². The van der Waals surface area contributed by atoms with Gasteiger partial charge in [0, 0.05) is 26.1 Å². The molecule has 1 saturated heterocycles. The van der Waals surface area contributed by atoms with Crippen molar-refractivity contribution in [2.24, 2.45) is 11.3 Å². The van der Waals surface area contributed by atoms with Gasteiger partial charge in [0.05, 0.1) is 5.92 Å². The minimum absolute atomic E-state index is 0.0240. The van der Waals surface area contributed by atoms with Gasteiger partial charge in [-0.1, -0.05) is 52.0 Å². The molecule has 2 amide bonds. The van der Waals surface area contributed by atoms with Crippen LogP contribution in [0.15, 0.2) is 24.3 Å². The molecule has 4 heteroatoms. The van der Waals surface area contributed by atoms with Gasteiger partial charge in [0.1, 0.15) is 0 Å². The fourth-order valence-electron chi connectivity index (χ4n) is 5.03. The summed E-state index contributed by atoms with van der Waals surface area (Å²) in [7, 11) is 0. The molecule has 1 spiro atoms. The molecule has 1 aromatic carbocycles. The van der Waals surface area contributed by atoms with Crippen molar-refractivity contribution in [2.45, 2.75) is 78.1 Å². The molecule has 0 radical (unpaired) electrons. The van der Waals surface area contributed by atoms with E-state index >= 15 is 0 Å². The lowest BCUT2D eigenvalue weighted by molar-refractivity contribution is -0.139. The molecule has 1 saturated carbocycles. The zero-order valence-electron chi connectivity index (χ0n) is 18.7. The van der Waals surface area contributed by atoms with Crippen molar-refractivity contribution in [1.82, 2.24) is 10.2 Å². The lowest BCUT2D eigenvalue weighted by Crippen LogP contribution is -2.50. The van der Waals surface area contributed by atoms with Crippen LogP contribution in [0.3, 0.4) is 0 Å². The highest BCUT2D eigenvalue weighted by Gasteiger charge is 2.47. The van der Waals surface area contributed by atoms with E-state index in [9.17, 15) is 9.59 Å². The van der Waals surface area contributed by atoms with Crippen molar-refractivity contribution in [1.29, 1.82) is 0 Å². The summed E-state index contributed by atoms with van der Waals surface area (Å²) in [4.78, 5) is 26.5. The van der Waals surface area contributed by atoms with E-state index < -0.39 is 0 Å². The molecule has 1 aliphatic heterocycles. The molecule has 3 rings (SSSR count). The van der Waals surface area contributed by atoms with Gasteiger partial charge in [0.25, 0.3) is 0 Å². The highest BCUT2D eigenvalue weighted by Crippen LogP contribution is 2.56. The molecule has 2 aliphatic rings. The fraction of sp³-hybridized carbons (Fsp3) is 0.680. The minimum atomic E-state index is -0.0903. The summed E-state index contributed by atoms with van der Waals surface area (Å²) < 4.78 is 0. The van der Waals surface area contributed by atoms with Crippen LogP contribution in [0, 0.1) is 11.3 Å². The number of rotatable bonds is 7. The second kappa shape index (κ2) is 9.32. The maximum atomic E-state index is 12.9. The number of likely N-dealkylation sites (tertiary alicyclic amines) is 1. The number of nitrogens with zero attached hydrogens (tertiary/aromatic N) is 1. The Hall–Kier alpha value is -1.84. The molecule has 1 aliphatic carbocycles. The summed E-state index contributed by atoms with van der Waals surface area (Å²) in [5.74, 6) is 1.41. The van der Waals surface area contributed by atoms with Gasteiger partial charge in [-0.3, -0.25) is 9.59 Å². The molecule has 29 heavy (non-hydrogen) atoms. The standard InChI is InChI=1S/C25H38N2O2/c1-5-19(17-26-23(28)6-2)24(29)27-12-10-25(11-13-27)15-22(16-25)21-9-7-8-20(14-21)18(3)4/h7-9,14,18-19,22H,5-6,10-13,15-17H2,1-4H3,(H,26,28). The molecule has 1 aromatic rings. The third kappa shape index (κ3) is 5.02. The first-order chi connectivity index (χ1) is 13.9. The van der Waals surface area contributed by atoms with Gasteiger partial charge in [-0.15, -0.1) is 0 Å². The Kier molecular flexibility index (Phi) is 7.02. The van der Waals surface area contributed by atoms with Crippen molar-refractivity contribution in [3.8, 4) is 0 Å². The monoisotopic (exact) mass is 398 g/mol. The number of hydrogen-bond donors (Lipinski definition) is 1. The SMILES string of the molecule is CCC(=O)NCC(CC)C(=O)N1CCC2(CC1)CC(c1cccc(C(C)C)c1)C2. The first-order valence-corrected chi connectivity index (χ1v) is 11.5. The van der Waals surface area contributed by atoms with Crippen molar-refractivity contribution in [3.05, 3.63) is 35.4 Å². The van der Waals surface area contributed by atoms with Crippen LogP contribution in [0.1, 0.15) is 89.2 Å². The molecule has 2 fully saturated rings. The number of piperidine rings is 1. The smallest absolute Gasteiger partial charge is 0.227 e. The van der Waals surface area contributed by atoms with Crippen LogP contribution in [-0.4, -0.2) is 36.3 Å². The molecule has 1 heterocycles. The van der Waals surface area contributed by atoms with E-state index in [1.807, 2.05) is 18.7 Å². The van der Waals surface area contributed by atoms with Crippen LogP contribution in [-0.2, 0) is 9.59 Å². The normalized spacial score (nSPS) is 19.8. The Morgan fingerprint density at radius 3 is 2.45 bits per heavy atom. The van der Waals surface area contributed by atoms with Crippen LogP contribution < -0.4 is 5.32 Å². The molecule has 4 nitrogen and oxygen atoms in total. The second-order valence-corrected chi connectivity index (χ2v) is 9.52. The van der Waals surface area contributed by atoms with Crippen LogP contribution in [0.5, 0.6) is 0 Å². The molecule has 1 N–H and O–H groups in total. The Bertz CT molecular complexity index is 711. The molecule has 160 valence electrons. The largest absolute Gasteiger partial charge is 0.355 e. The Morgan fingerprint density at radius 1 is 1.17 bits per heavy atom. The van der Waals surface area contributed by atoms with E-state index in [0.717, 1.165) is 32.4 Å². The molecule has 0 aromatic heterocycles. The summed E-state index contributed by atoms with van der Waals surface area (Å²) in [5.41, 5.74) is 3.37. The molecule has 0 bridgehead atoms. The number of carbonyl (C=O) groups excluding carboxylic acids is 2. The summed E-state index contributed by atoms with van der Waals surface area (Å²) in [6.07, 6.45) is 6.02. The fourth-order valence-corrected chi connectivity index (χ4v) is 5.03. The minimum Gasteiger partial charge on any atom is -0.355 e. The van der Waals surface area contributed by atoms with Crippen LogP contribution in [0.2, 0.25) is 0 Å².